The summed E-state index contributed by atoms with van der Waals surface area (Å²) < 4.78 is 5.70. The number of aromatic nitrogens is 1. The summed E-state index contributed by atoms with van der Waals surface area (Å²) in [6.07, 6.45) is 3.76. The van der Waals surface area contributed by atoms with Gasteiger partial charge in [0.2, 0.25) is 0 Å². The van der Waals surface area contributed by atoms with Crippen LogP contribution in [0, 0.1) is 6.92 Å². The van der Waals surface area contributed by atoms with Gasteiger partial charge < -0.3 is 15.2 Å². The summed E-state index contributed by atoms with van der Waals surface area (Å²) in [4.78, 5) is 4.23. The Hall–Kier alpha value is -2.33. The van der Waals surface area contributed by atoms with E-state index in [0.29, 0.717) is 6.54 Å². The van der Waals surface area contributed by atoms with Crippen LogP contribution in [-0.2, 0) is 6.42 Å². The van der Waals surface area contributed by atoms with Crippen LogP contribution in [0.4, 0.5) is 5.82 Å². The highest BCUT2D eigenvalue weighted by Gasteiger charge is 2.07. The number of aliphatic hydroxyl groups excluding tert-OH is 1. The summed E-state index contributed by atoms with van der Waals surface area (Å²) >= 11 is 0. The van der Waals surface area contributed by atoms with Crippen molar-refractivity contribution in [2.24, 2.45) is 0 Å². The van der Waals surface area contributed by atoms with Crippen LogP contribution in [0.5, 0.6) is 5.75 Å². The van der Waals surface area contributed by atoms with Crippen LogP contribution >= 0.6 is 0 Å². The molecule has 0 bridgehead atoms. The highest BCUT2D eigenvalue weighted by Crippen LogP contribution is 2.18. The summed E-state index contributed by atoms with van der Waals surface area (Å²) in [7, 11) is 0. The lowest BCUT2D eigenvalue weighted by Gasteiger charge is -2.15. The van der Waals surface area contributed by atoms with Crippen molar-refractivity contribution in [1.29, 1.82) is 0 Å². The summed E-state index contributed by atoms with van der Waals surface area (Å²) in [5, 5.41) is 13.1. The van der Waals surface area contributed by atoms with Crippen LogP contribution < -0.4 is 10.1 Å². The number of para-hydroxylation sites is 1. The van der Waals surface area contributed by atoms with E-state index in [-0.39, 0.29) is 6.61 Å². The van der Waals surface area contributed by atoms with Gasteiger partial charge in [-0.25, -0.2) is 4.98 Å². The van der Waals surface area contributed by atoms with Gasteiger partial charge in [-0.3, -0.25) is 0 Å². The Kier molecular flexibility index (Phi) is 5.98. The molecule has 1 atom stereocenters. The first-order valence-electron chi connectivity index (χ1n) is 7.35. The number of pyridine rings is 1. The zero-order chi connectivity index (χ0) is 15.8. The molecule has 116 valence electrons. The van der Waals surface area contributed by atoms with Gasteiger partial charge in [0, 0.05) is 12.7 Å². The normalized spacial score (nSPS) is 11.7. The van der Waals surface area contributed by atoms with Crippen molar-refractivity contribution in [1.82, 2.24) is 4.98 Å². The third kappa shape index (κ3) is 4.90. The quantitative estimate of drug-likeness (QED) is 0.736. The number of aliphatic hydroxyl groups is 1. The number of ether oxygens (including phenoxy) is 1. The lowest BCUT2D eigenvalue weighted by Crippen LogP contribution is -2.26. The van der Waals surface area contributed by atoms with Gasteiger partial charge in [0.05, 0.1) is 0 Å². The molecule has 22 heavy (non-hydrogen) atoms. The van der Waals surface area contributed by atoms with Gasteiger partial charge in [0.1, 0.15) is 24.3 Å². The summed E-state index contributed by atoms with van der Waals surface area (Å²) in [6.45, 7) is 6.34. The third-order valence-electron chi connectivity index (χ3n) is 3.20. The van der Waals surface area contributed by atoms with E-state index >= 15 is 0 Å². The first-order valence-corrected chi connectivity index (χ1v) is 7.35. The number of allylic oxidation sites excluding steroid dienone is 1. The Labute approximate surface area is 131 Å². The number of aryl methyl sites for hydroxylation is 1. The second-order valence-electron chi connectivity index (χ2n) is 5.17. The van der Waals surface area contributed by atoms with Crippen molar-refractivity contribution in [3.8, 4) is 5.75 Å². The Morgan fingerprint density at radius 2 is 2.14 bits per heavy atom. The monoisotopic (exact) mass is 298 g/mol. The molecule has 0 fully saturated rings. The highest BCUT2D eigenvalue weighted by atomic mass is 16.5. The van der Waals surface area contributed by atoms with E-state index in [4.69, 9.17) is 4.74 Å². The molecule has 0 aliphatic rings. The van der Waals surface area contributed by atoms with Gasteiger partial charge in [-0.2, -0.15) is 0 Å². The molecule has 2 rings (SSSR count). The van der Waals surface area contributed by atoms with Gasteiger partial charge >= 0.3 is 0 Å². The molecule has 1 aromatic heterocycles. The van der Waals surface area contributed by atoms with E-state index in [1.807, 2.05) is 49.4 Å². The number of hydrogen-bond acceptors (Lipinski definition) is 4. The molecule has 0 saturated heterocycles. The smallest absolute Gasteiger partial charge is 0.125 e. The Morgan fingerprint density at radius 3 is 2.86 bits per heavy atom. The molecule has 0 aliphatic carbocycles. The molecular formula is C18H22N2O2. The standard InChI is InChI=1S/C18H22N2O2/c1-3-6-15-7-4-5-8-17(15)22-13-16(21)12-20-18-10-9-14(2)11-19-18/h3-5,7-11,16,21H,1,6,12-13H2,2H3,(H,19,20). The third-order valence-corrected chi connectivity index (χ3v) is 3.20. The average Bonchev–Trinajstić information content (AvgIpc) is 2.54. The Balaban J connectivity index is 1.81. The largest absolute Gasteiger partial charge is 0.491 e. The molecule has 0 amide bonds. The van der Waals surface area contributed by atoms with Crippen LogP contribution in [0.3, 0.4) is 0 Å². The van der Waals surface area contributed by atoms with Crippen LogP contribution in [0.2, 0.25) is 0 Å². The molecule has 4 nitrogen and oxygen atoms in total. The lowest BCUT2D eigenvalue weighted by atomic mass is 10.1. The molecule has 1 aromatic carbocycles. The number of nitrogens with zero attached hydrogens (tertiary/aromatic N) is 1. The number of benzene rings is 1. The molecule has 1 heterocycles. The van der Waals surface area contributed by atoms with Crippen LogP contribution in [-0.4, -0.2) is 29.3 Å². The number of rotatable bonds is 8. The fraction of sp³-hybridized carbons (Fsp3) is 0.278. The SMILES string of the molecule is C=CCc1ccccc1OCC(O)CNc1ccc(C)cn1. The topological polar surface area (TPSA) is 54.4 Å². The predicted molar refractivity (Wildman–Crippen MR) is 89.3 cm³/mol. The van der Waals surface area contributed by atoms with Crippen molar-refractivity contribution in [3.63, 3.8) is 0 Å². The second-order valence-corrected chi connectivity index (χ2v) is 5.17. The van der Waals surface area contributed by atoms with Crippen molar-refractivity contribution >= 4 is 5.82 Å². The second kappa shape index (κ2) is 8.20. The molecular weight excluding hydrogens is 276 g/mol. The van der Waals surface area contributed by atoms with Crippen LogP contribution in [0.25, 0.3) is 0 Å². The number of nitrogens with one attached hydrogen (secondary N) is 1. The number of hydrogen-bond donors (Lipinski definition) is 2. The first kappa shape index (κ1) is 16.0. The summed E-state index contributed by atoms with van der Waals surface area (Å²) in [6, 6.07) is 11.7. The van der Waals surface area contributed by atoms with E-state index in [0.717, 1.165) is 29.1 Å². The van der Waals surface area contributed by atoms with E-state index in [2.05, 4.69) is 16.9 Å². The molecule has 0 saturated carbocycles. The first-order chi connectivity index (χ1) is 10.7. The van der Waals surface area contributed by atoms with Gasteiger partial charge in [0.25, 0.3) is 0 Å². The van der Waals surface area contributed by atoms with Crippen LogP contribution in [0.15, 0.2) is 55.3 Å². The van der Waals surface area contributed by atoms with Gasteiger partial charge in [-0.05, 0) is 36.6 Å². The van der Waals surface area contributed by atoms with Gasteiger partial charge in [-0.1, -0.05) is 30.3 Å². The minimum Gasteiger partial charge on any atom is -0.491 e. The van der Waals surface area contributed by atoms with Crippen molar-refractivity contribution in [3.05, 3.63) is 66.4 Å². The zero-order valence-electron chi connectivity index (χ0n) is 12.8. The summed E-state index contributed by atoms with van der Waals surface area (Å²) in [5.74, 6) is 1.53. The Morgan fingerprint density at radius 1 is 1.32 bits per heavy atom. The van der Waals surface area contributed by atoms with Crippen molar-refractivity contribution in [2.45, 2.75) is 19.4 Å². The van der Waals surface area contributed by atoms with Crippen molar-refractivity contribution in [2.75, 3.05) is 18.5 Å². The van der Waals surface area contributed by atoms with E-state index in [1.165, 1.54) is 0 Å². The van der Waals surface area contributed by atoms with Gasteiger partial charge in [0.15, 0.2) is 0 Å². The van der Waals surface area contributed by atoms with E-state index in [9.17, 15) is 5.11 Å². The minimum atomic E-state index is -0.611. The molecule has 1 unspecified atom stereocenters. The van der Waals surface area contributed by atoms with Crippen molar-refractivity contribution < 1.29 is 9.84 Å². The highest BCUT2D eigenvalue weighted by molar-refractivity contribution is 5.36. The molecule has 4 heteroatoms. The molecule has 0 radical (unpaired) electrons. The van der Waals surface area contributed by atoms with E-state index in [1.54, 1.807) is 6.20 Å². The van der Waals surface area contributed by atoms with Crippen LogP contribution in [0.1, 0.15) is 11.1 Å². The maximum atomic E-state index is 10.0. The minimum absolute atomic E-state index is 0.229. The zero-order valence-corrected chi connectivity index (χ0v) is 12.8. The molecule has 2 N–H and O–H groups in total. The lowest BCUT2D eigenvalue weighted by molar-refractivity contribution is 0.117. The Bertz CT molecular complexity index is 596. The van der Waals surface area contributed by atoms with E-state index < -0.39 is 6.10 Å². The fourth-order valence-electron chi connectivity index (χ4n) is 2.01. The summed E-state index contributed by atoms with van der Waals surface area (Å²) in [5.41, 5.74) is 2.17. The predicted octanol–water partition coefficient (Wildman–Crippen LogP) is 2.97. The molecule has 2 aromatic rings. The number of anilines is 1. The fourth-order valence-corrected chi connectivity index (χ4v) is 2.01. The maximum Gasteiger partial charge on any atom is 0.125 e. The molecule has 0 spiro atoms. The molecule has 0 aliphatic heterocycles. The maximum absolute atomic E-state index is 10.0. The van der Waals surface area contributed by atoms with Gasteiger partial charge in [-0.15, -0.1) is 6.58 Å². The average molecular weight is 298 g/mol.